The van der Waals surface area contributed by atoms with Gasteiger partial charge in [-0.2, -0.15) is 0 Å². The van der Waals surface area contributed by atoms with Gasteiger partial charge in [0.25, 0.3) is 0 Å². The van der Waals surface area contributed by atoms with Crippen LogP contribution in [0, 0.1) is 0 Å². The van der Waals surface area contributed by atoms with E-state index in [2.05, 4.69) is 13.0 Å². The normalized spacial score (nSPS) is 22.2. The Labute approximate surface area is 104 Å². The number of hydrogen-bond donors (Lipinski definition) is 1. The second-order valence-electron chi connectivity index (χ2n) is 4.37. The van der Waals surface area contributed by atoms with Gasteiger partial charge in [0, 0.05) is 6.61 Å². The lowest BCUT2D eigenvalue weighted by Crippen LogP contribution is -2.22. The summed E-state index contributed by atoms with van der Waals surface area (Å²) in [5.74, 6) is 0. The van der Waals surface area contributed by atoms with Crippen molar-refractivity contribution < 1.29 is 14.6 Å². The van der Waals surface area contributed by atoms with E-state index in [1.807, 2.05) is 6.08 Å². The van der Waals surface area contributed by atoms with Crippen molar-refractivity contribution >= 4 is 0 Å². The first-order valence-electron chi connectivity index (χ1n) is 6.47. The van der Waals surface area contributed by atoms with Gasteiger partial charge in [-0.25, -0.2) is 0 Å². The zero-order valence-corrected chi connectivity index (χ0v) is 10.7. The molecule has 0 aromatic heterocycles. The molecule has 0 radical (unpaired) electrons. The van der Waals surface area contributed by atoms with Gasteiger partial charge in [-0.1, -0.05) is 23.8 Å². The summed E-state index contributed by atoms with van der Waals surface area (Å²) in [7, 11) is 0. The third kappa shape index (κ3) is 7.31. The molecule has 1 heterocycles. The molecule has 0 spiro atoms. The Kier molecular flexibility index (Phi) is 7.97. The lowest BCUT2D eigenvalue weighted by atomic mass is 10.1. The average molecular weight is 240 g/mol. The highest BCUT2D eigenvalue weighted by Crippen LogP contribution is 2.14. The number of aliphatic hydroxyl groups excluding tert-OH is 1. The van der Waals surface area contributed by atoms with E-state index in [1.54, 1.807) is 6.08 Å². The molecule has 0 amide bonds. The standard InChI is InChI=1S/C14H24O3/c1-13(7-3-2-5-10-15)9-12-17-14-8-4-6-11-16-14/h2,5,9,14-15H,3-4,6-8,10-12H2,1H3/b5-2+,13-9+. The van der Waals surface area contributed by atoms with E-state index in [9.17, 15) is 0 Å². The first-order valence-corrected chi connectivity index (χ1v) is 6.47. The summed E-state index contributed by atoms with van der Waals surface area (Å²) < 4.78 is 11.1. The average Bonchev–Trinajstić information content (AvgIpc) is 2.36. The van der Waals surface area contributed by atoms with Crippen LogP contribution in [0.1, 0.15) is 39.0 Å². The van der Waals surface area contributed by atoms with E-state index in [1.165, 1.54) is 12.0 Å². The summed E-state index contributed by atoms with van der Waals surface area (Å²) in [6.07, 6.45) is 11.3. The number of allylic oxidation sites excluding steroid dienone is 2. The third-order valence-corrected chi connectivity index (χ3v) is 2.83. The highest BCUT2D eigenvalue weighted by Gasteiger charge is 2.12. The van der Waals surface area contributed by atoms with Gasteiger partial charge in [0.15, 0.2) is 6.29 Å². The molecule has 1 N–H and O–H groups in total. The molecular weight excluding hydrogens is 216 g/mol. The topological polar surface area (TPSA) is 38.7 Å². The smallest absolute Gasteiger partial charge is 0.157 e. The molecule has 1 saturated heterocycles. The van der Waals surface area contributed by atoms with Gasteiger partial charge < -0.3 is 14.6 Å². The van der Waals surface area contributed by atoms with Crippen LogP contribution in [0.5, 0.6) is 0 Å². The van der Waals surface area contributed by atoms with Gasteiger partial charge in [0.1, 0.15) is 0 Å². The first-order chi connectivity index (χ1) is 8.33. The van der Waals surface area contributed by atoms with Gasteiger partial charge in [-0.3, -0.25) is 0 Å². The van der Waals surface area contributed by atoms with Gasteiger partial charge in [-0.15, -0.1) is 0 Å². The van der Waals surface area contributed by atoms with Crippen LogP contribution in [0.15, 0.2) is 23.8 Å². The van der Waals surface area contributed by atoms with E-state index in [-0.39, 0.29) is 12.9 Å². The molecule has 0 bridgehead atoms. The Morgan fingerprint density at radius 3 is 3.00 bits per heavy atom. The molecule has 1 atom stereocenters. The monoisotopic (exact) mass is 240 g/mol. The maximum absolute atomic E-state index is 8.58. The van der Waals surface area contributed by atoms with Crippen LogP contribution >= 0.6 is 0 Å². The fourth-order valence-corrected chi connectivity index (χ4v) is 1.75. The van der Waals surface area contributed by atoms with E-state index in [0.29, 0.717) is 6.61 Å². The minimum Gasteiger partial charge on any atom is -0.392 e. The zero-order valence-electron chi connectivity index (χ0n) is 10.7. The van der Waals surface area contributed by atoms with E-state index in [0.717, 1.165) is 32.3 Å². The van der Waals surface area contributed by atoms with Crippen molar-refractivity contribution in [3.8, 4) is 0 Å². The lowest BCUT2D eigenvalue weighted by Gasteiger charge is -2.22. The number of aliphatic hydroxyl groups is 1. The minimum absolute atomic E-state index is 0.00193. The molecule has 1 rings (SSSR count). The maximum atomic E-state index is 8.58. The zero-order chi connectivity index (χ0) is 12.3. The molecule has 3 heteroatoms. The molecule has 1 fully saturated rings. The highest BCUT2D eigenvalue weighted by molar-refractivity contribution is 5.00. The van der Waals surface area contributed by atoms with Crippen molar-refractivity contribution in [1.82, 2.24) is 0 Å². The minimum atomic E-state index is 0.00193. The third-order valence-electron chi connectivity index (χ3n) is 2.83. The Morgan fingerprint density at radius 1 is 1.41 bits per heavy atom. The van der Waals surface area contributed by atoms with Crippen molar-refractivity contribution in [3.05, 3.63) is 23.8 Å². The van der Waals surface area contributed by atoms with Crippen molar-refractivity contribution in [2.45, 2.75) is 45.3 Å². The molecule has 98 valence electrons. The Hall–Kier alpha value is -0.640. The molecule has 3 nitrogen and oxygen atoms in total. The van der Waals surface area contributed by atoms with E-state index in [4.69, 9.17) is 14.6 Å². The molecule has 1 aliphatic rings. The summed E-state index contributed by atoms with van der Waals surface area (Å²) in [4.78, 5) is 0. The Bertz CT molecular complexity index is 240. The van der Waals surface area contributed by atoms with E-state index >= 15 is 0 Å². The van der Waals surface area contributed by atoms with Crippen molar-refractivity contribution in [1.29, 1.82) is 0 Å². The summed E-state index contributed by atoms with van der Waals surface area (Å²) >= 11 is 0. The molecule has 17 heavy (non-hydrogen) atoms. The van der Waals surface area contributed by atoms with Crippen molar-refractivity contribution in [2.75, 3.05) is 19.8 Å². The summed E-state index contributed by atoms with van der Waals surface area (Å²) in [6.45, 7) is 3.71. The van der Waals surface area contributed by atoms with Gasteiger partial charge in [0.2, 0.25) is 0 Å². The van der Waals surface area contributed by atoms with Crippen LogP contribution in [0.3, 0.4) is 0 Å². The Balaban J connectivity index is 2.07. The number of hydrogen-bond acceptors (Lipinski definition) is 3. The fraction of sp³-hybridized carbons (Fsp3) is 0.714. The number of rotatable bonds is 7. The van der Waals surface area contributed by atoms with Gasteiger partial charge in [-0.05, 0) is 39.0 Å². The quantitative estimate of drug-likeness (QED) is 0.695. The van der Waals surface area contributed by atoms with Crippen LogP contribution in [-0.2, 0) is 9.47 Å². The van der Waals surface area contributed by atoms with Crippen LogP contribution in [-0.4, -0.2) is 31.2 Å². The summed E-state index contributed by atoms with van der Waals surface area (Å²) in [6, 6.07) is 0. The molecule has 0 aromatic rings. The fourth-order valence-electron chi connectivity index (χ4n) is 1.75. The molecule has 1 aliphatic heterocycles. The van der Waals surface area contributed by atoms with Crippen LogP contribution in [0.4, 0.5) is 0 Å². The molecule has 0 aliphatic carbocycles. The van der Waals surface area contributed by atoms with Crippen LogP contribution in [0.2, 0.25) is 0 Å². The van der Waals surface area contributed by atoms with Gasteiger partial charge >= 0.3 is 0 Å². The van der Waals surface area contributed by atoms with Crippen molar-refractivity contribution in [3.63, 3.8) is 0 Å². The SMILES string of the molecule is C/C(=C\COC1CCCCO1)CC/C=C/CO. The summed E-state index contributed by atoms with van der Waals surface area (Å²) in [5, 5.41) is 8.58. The second kappa shape index (κ2) is 9.40. The van der Waals surface area contributed by atoms with E-state index < -0.39 is 0 Å². The predicted molar refractivity (Wildman–Crippen MR) is 68.8 cm³/mol. The maximum Gasteiger partial charge on any atom is 0.157 e. The predicted octanol–water partition coefficient (Wildman–Crippen LogP) is 2.80. The Morgan fingerprint density at radius 2 is 2.29 bits per heavy atom. The molecule has 0 saturated carbocycles. The molecule has 1 unspecified atom stereocenters. The van der Waals surface area contributed by atoms with Crippen molar-refractivity contribution in [2.24, 2.45) is 0 Å². The second-order valence-corrected chi connectivity index (χ2v) is 4.37. The molecular formula is C14H24O3. The molecule has 0 aromatic carbocycles. The van der Waals surface area contributed by atoms with Crippen LogP contribution in [0.25, 0.3) is 0 Å². The van der Waals surface area contributed by atoms with Gasteiger partial charge in [0.05, 0.1) is 13.2 Å². The highest BCUT2D eigenvalue weighted by atomic mass is 16.7. The van der Waals surface area contributed by atoms with Crippen LogP contribution < -0.4 is 0 Å². The summed E-state index contributed by atoms with van der Waals surface area (Å²) in [5.41, 5.74) is 1.32. The first kappa shape index (κ1) is 14.4. The lowest BCUT2D eigenvalue weighted by molar-refractivity contribution is -0.155. The largest absolute Gasteiger partial charge is 0.392 e. The number of ether oxygens (including phenoxy) is 2.